The van der Waals surface area contributed by atoms with Gasteiger partial charge in [0, 0.05) is 12.2 Å². The minimum Gasteiger partial charge on any atom is -0.466 e. The maximum Gasteiger partial charge on any atom is 0.337 e. The Bertz CT molecular complexity index is 1090. The Balaban J connectivity index is 2.61. The van der Waals surface area contributed by atoms with Gasteiger partial charge in [0.2, 0.25) is 0 Å². The molecule has 1 heterocycles. The number of allylic oxidation sites excluding steroid dienone is 2. The van der Waals surface area contributed by atoms with Gasteiger partial charge in [-0.25, -0.2) is 9.59 Å². The van der Waals surface area contributed by atoms with E-state index in [4.69, 9.17) is 71.1 Å². The Morgan fingerprint density at radius 1 is 1.08 bits per heavy atom. The number of nitrogens with one attached hydrogen (secondary N) is 1. The van der Waals surface area contributed by atoms with Crippen molar-refractivity contribution in [2.45, 2.75) is 43.5 Å². The molecule has 1 aromatic carbocycles. The zero-order valence-corrected chi connectivity index (χ0v) is 25.1. The van der Waals surface area contributed by atoms with E-state index in [0.717, 1.165) is 6.42 Å². The van der Waals surface area contributed by atoms with Gasteiger partial charge in [0.1, 0.15) is 10.9 Å². The third-order valence-electron chi connectivity index (χ3n) is 5.75. The molecule has 2 atom stereocenters. The van der Waals surface area contributed by atoms with Gasteiger partial charge in [0.15, 0.2) is 0 Å². The summed E-state index contributed by atoms with van der Waals surface area (Å²) in [6.45, 7) is 5.02. The van der Waals surface area contributed by atoms with Crippen LogP contribution < -0.4 is 11.1 Å². The molecule has 12 heteroatoms. The Kier molecular flexibility index (Phi) is 14.7. The highest BCUT2D eigenvalue weighted by atomic mass is 35.5. The number of dihydropyridines is 1. The van der Waals surface area contributed by atoms with Gasteiger partial charge < -0.3 is 30.0 Å². The van der Waals surface area contributed by atoms with E-state index < -0.39 is 28.8 Å². The second kappa shape index (κ2) is 17.1. The van der Waals surface area contributed by atoms with Crippen LogP contribution in [-0.4, -0.2) is 63.0 Å². The van der Waals surface area contributed by atoms with Gasteiger partial charge in [-0.05, 0) is 31.1 Å². The Morgan fingerprint density at radius 2 is 1.79 bits per heavy atom. The summed E-state index contributed by atoms with van der Waals surface area (Å²) in [5.74, 6) is -2.28. The van der Waals surface area contributed by atoms with Crippen LogP contribution in [0.4, 0.5) is 0 Å². The average Bonchev–Trinajstić information content (AvgIpc) is 2.90. The summed E-state index contributed by atoms with van der Waals surface area (Å²) in [4.78, 5) is 26.2. The number of hydrogen-bond acceptors (Lipinski definition) is 8. The van der Waals surface area contributed by atoms with Gasteiger partial charge in [-0.3, -0.25) is 0 Å². The molecule has 0 unspecified atom stereocenters. The molecular weight excluding hydrogens is 590 g/mol. The summed E-state index contributed by atoms with van der Waals surface area (Å²) in [6.07, 6.45) is 3.80. The number of carbonyl (C=O) groups excluding carboxylic acids is 2. The quantitative estimate of drug-likeness (QED) is 0.115. The van der Waals surface area contributed by atoms with Gasteiger partial charge in [0.05, 0.1) is 66.3 Å². The predicted octanol–water partition coefficient (Wildman–Crippen LogP) is 5.45. The lowest BCUT2D eigenvalue weighted by atomic mass is 9.80. The zero-order valence-electron chi connectivity index (χ0n) is 22.1. The highest BCUT2D eigenvalue weighted by molar-refractivity contribution is 6.45. The molecule has 216 valence electrons. The van der Waals surface area contributed by atoms with Crippen LogP contribution in [0.1, 0.15) is 38.2 Å². The van der Waals surface area contributed by atoms with Crippen LogP contribution in [0.2, 0.25) is 10.0 Å². The SMILES string of the molecule is CCC[C@@H](/C=C/C(Cl)Cl)OC(=O)C1=C(COCCOCCN)NC(C)=C(C(=O)OC)[C@H]1c1cccc(Cl)c1Cl. The van der Waals surface area contributed by atoms with Crippen LogP contribution in [0.15, 0.2) is 52.9 Å². The number of rotatable bonds is 15. The first-order chi connectivity index (χ1) is 18.7. The second-order valence-corrected chi connectivity index (χ2v) is 10.5. The largest absolute Gasteiger partial charge is 0.466 e. The molecule has 0 radical (unpaired) electrons. The number of ether oxygens (including phenoxy) is 4. The van der Waals surface area contributed by atoms with E-state index in [9.17, 15) is 9.59 Å². The van der Waals surface area contributed by atoms with Crippen LogP contribution in [0.5, 0.6) is 0 Å². The number of carbonyl (C=O) groups is 2. The number of methoxy groups -OCH3 is 1. The highest BCUT2D eigenvalue weighted by Gasteiger charge is 2.40. The molecule has 0 aliphatic carbocycles. The van der Waals surface area contributed by atoms with Crippen molar-refractivity contribution >= 4 is 58.3 Å². The normalized spacial score (nSPS) is 16.6. The lowest BCUT2D eigenvalue weighted by molar-refractivity contribution is -0.143. The van der Waals surface area contributed by atoms with Gasteiger partial charge in [-0.15, -0.1) is 23.2 Å². The Morgan fingerprint density at radius 3 is 2.44 bits per heavy atom. The van der Waals surface area contributed by atoms with Crippen LogP contribution in [0, 0.1) is 0 Å². The molecule has 1 aliphatic heterocycles. The monoisotopic (exact) mass is 622 g/mol. The fourth-order valence-corrected chi connectivity index (χ4v) is 4.64. The van der Waals surface area contributed by atoms with Crippen molar-refractivity contribution in [1.82, 2.24) is 5.32 Å². The van der Waals surface area contributed by atoms with Crippen molar-refractivity contribution in [2.24, 2.45) is 5.73 Å². The van der Waals surface area contributed by atoms with Crippen LogP contribution in [0.25, 0.3) is 0 Å². The molecule has 0 fully saturated rings. The minimum atomic E-state index is -0.954. The molecule has 2 rings (SSSR count). The van der Waals surface area contributed by atoms with Crippen molar-refractivity contribution < 1.29 is 28.5 Å². The van der Waals surface area contributed by atoms with E-state index in [2.05, 4.69) is 5.32 Å². The van der Waals surface area contributed by atoms with E-state index in [-0.39, 0.29) is 34.4 Å². The third kappa shape index (κ3) is 9.67. The molecule has 0 saturated heterocycles. The molecule has 1 aromatic rings. The van der Waals surface area contributed by atoms with E-state index in [1.807, 2.05) is 6.92 Å². The van der Waals surface area contributed by atoms with Crippen molar-refractivity contribution in [3.05, 3.63) is 68.5 Å². The maximum absolute atomic E-state index is 13.9. The maximum atomic E-state index is 13.9. The number of benzene rings is 1. The molecule has 0 saturated carbocycles. The molecule has 39 heavy (non-hydrogen) atoms. The number of esters is 2. The molecular formula is C27H34Cl4N2O6. The molecule has 0 bridgehead atoms. The topological polar surface area (TPSA) is 109 Å². The molecule has 0 aromatic heterocycles. The van der Waals surface area contributed by atoms with Gasteiger partial charge in [-0.1, -0.05) is 54.8 Å². The van der Waals surface area contributed by atoms with Crippen molar-refractivity contribution in [3.63, 3.8) is 0 Å². The van der Waals surface area contributed by atoms with E-state index in [1.165, 1.54) is 13.2 Å². The smallest absolute Gasteiger partial charge is 0.337 e. The summed E-state index contributed by atoms with van der Waals surface area (Å²) < 4.78 is 22.1. The van der Waals surface area contributed by atoms with Crippen LogP contribution >= 0.6 is 46.4 Å². The fraction of sp³-hybridized carbons (Fsp3) is 0.481. The average molecular weight is 624 g/mol. The number of hydrogen-bond donors (Lipinski definition) is 2. The van der Waals surface area contributed by atoms with Crippen molar-refractivity contribution in [1.29, 1.82) is 0 Å². The fourth-order valence-electron chi connectivity index (χ4n) is 4.05. The highest BCUT2D eigenvalue weighted by Crippen LogP contribution is 2.43. The van der Waals surface area contributed by atoms with E-state index >= 15 is 0 Å². The summed E-state index contributed by atoms with van der Waals surface area (Å²) in [5, 5.41) is 3.60. The lowest BCUT2D eigenvalue weighted by Crippen LogP contribution is -2.35. The molecule has 3 N–H and O–H groups in total. The summed E-state index contributed by atoms with van der Waals surface area (Å²) in [5.41, 5.74) is 7.08. The van der Waals surface area contributed by atoms with Crippen molar-refractivity contribution in [3.8, 4) is 0 Å². The lowest BCUT2D eigenvalue weighted by Gasteiger charge is -2.32. The predicted molar refractivity (Wildman–Crippen MR) is 154 cm³/mol. The molecule has 8 nitrogen and oxygen atoms in total. The van der Waals surface area contributed by atoms with Gasteiger partial charge in [-0.2, -0.15) is 0 Å². The third-order valence-corrected chi connectivity index (χ3v) is 6.87. The molecule has 0 amide bonds. The van der Waals surface area contributed by atoms with Crippen LogP contribution in [0.3, 0.4) is 0 Å². The summed E-state index contributed by atoms with van der Waals surface area (Å²) in [7, 11) is 1.26. The van der Waals surface area contributed by atoms with E-state index in [1.54, 1.807) is 31.2 Å². The first-order valence-corrected chi connectivity index (χ1v) is 14.0. The standard InChI is InChI=1S/C27H34Cl4N2O6/c1-4-6-17(9-10-21(29)30)39-27(35)24-20(15-38-14-13-37-12-11-32)33-16(2)22(26(34)36-3)23(24)18-7-5-8-19(28)25(18)31/h5,7-10,17,21,23,33H,4,6,11-15,32H2,1-3H3/b10-9+/t17-,23+/m0/s1. The number of nitrogens with two attached hydrogens (primary N) is 1. The zero-order chi connectivity index (χ0) is 28.9. The Labute approximate surface area is 249 Å². The molecule has 0 spiro atoms. The first-order valence-electron chi connectivity index (χ1n) is 12.4. The first kappa shape index (κ1) is 33.4. The summed E-state index contributed by atoms with van der Waals surface area (Å²) >= 11 is 24.7. The van der Waals surface area contributed by atoms with E-state index in [0.29, 0.717) is 43.1 Å². The van der Waals surface area contributed by atoms with Crippen LogP contribution in [-0.2, 0) is 28.5 Å². The Hall–Kier alpha value is -1.78. The number of halogens is 4. The van der Waals surface area contributed by atoms with Gasteiger partial charge >= 0.3 is 11.9 Å². The number of alkyl halides is 2. The second-order valence-electron chi connectivity index (χ2n) is 8.53. The minimum absolute atomic E-state index is 0.00336. The van der Waals surface area contributed by atoms with Crippen molar-refractivity contribution in [2.75, 3.05) is 40.1 Å². The van der Waals surface area contributed by atoms with Gasteiger partial charge in [0.25, 0.3) is 0 Å². The molecule has 1 aliphatic rings. The summed E-state index contributed by atoms with van der Waals surface area (Å²) in [6, 6.07) is 5.00.